The molecule has 2 N–H and O–H groups in total. The van der Waals surface area contributed by atoms with Crippen LogP contribution in [-0.2, 0) is 19.8 Å². The van der Waals surface area contributed by atoms with Crippen LogP contribution in [0.3, 0.4) is 0 Å². The summed E-state index contributed by atoms with van der Waals surface area (Å²) in [7, 11) is 1.83. The van der Waals surface area contributed by atoms with Gasteiger partial charge in [-0.15, -0.1) is 0 Å². The zero-order valence-electron chi connectivity index (χ0n) is 27.8. The van der Waals surface area contributed by atoms with Crippen molar-refractivity contribution in [3.05, 3.63) is 103 Å². The topological polar surface area (TPSA) is 109 Å². The number of urea groups is 1. The number of fused-ring (bicyclic) bond motifs is 1. The van der Waals surface area contributed by atoms with E-state index in [1.165, 1.54) is 24.3 Å². The predicted molar refractivity (Wildman–Crippen MR) is 185 cm³/mol. The molecule has 1 fully saturated rings. The van der Waals surface area contributed by atoms with Crippen molar-refractivity contribution in [3.63, 3.8) is 0 Å². The Balaban J connectivity index is 1.11. The number of carbonyl (C=O) groups is 1. The van der Waals surface area contributed by atoms with Gasteiger partial charge in [-0.05, 0) is 48.0 Å². The van der Waals surface area contributed by atoms with Crippen LogP contribution in [0.15, 0.2) is 85.8 Å². The Labute approximate surface area is 290 Å². The highest BCUT2D eigenvalue weighted by atomic mass is 19.4. The minimum atomic E-state index is -4.62. The van der Waals surface area contributed by atoms with Crippen molar-refractivity contribution in [3.8, 4) is 33.5 Å². The molecule has 5 heterocycles. The summed E-state index contributed by atoms with van der Waals surface area (Å²) in [5.74, 6) is -0.746. The lowest BCUT2D eigenvalue weighted by atomic mass is 10.0. The van der Waals surface area contributed by atoms with E-state index in [9.17, 15) is 18.0 Å². The number of hydrogen-bond acceptors (Lipinski definition) is 7. The van der Waals surface area contributed by atoms with Gasteiger partial charge in [0.2, 0.25) is 0 Å². The molecular formula is C36H34F4N10O. The number of piperazine rings is 1. The van der Waals surface area contributed by atoms with Crippen LogP contribution in [0.4, 0.5) is 33.7 Å². The number of anilines is 2. The molecule has 0 bridgehead atoms. The highest BCUT2D eigenvalue weighted by Crippen LogP contribution is 2.37. The zero-order chi connectivity index (χ0) is 35.7. The van der Waals surface area contributed by atoms with Crippen molar-refractivity contribution in [2.24, 2.45) is 7.05 Å². The number of aryl methyl sites for hydroxylation is 1. The Hall–Kier alpha value is -5.67. The van der Waals surface area contributed by atoms with E-state index in [1.54, 1.807) is 46.2 Å². The Morgan fingerprint density at radius 3 is 2.33 bits per heavy atom. The molecule has 0 saturated carbocycles. The first kappa shape index (κ1) is 33.8. The van der Waals surface area contributed by atoms with Gasteiger partial charge >= 0.3 is 12.2 Å². The maximum atomic E-state index is 15.5. The molecule has 262 valence electrons. The molecule has 2 amide bonds. The van der Waals surface area contributed by atoms with Crippen molar-refractivity contribution in [2.75, 3.05) is 43.4 Å². The molecule has 15 heteroatoms. The third-order valence-electron chi connectivity index (χ3n) is 9.00. The number of rotatable bonds is 8. The Kier molecular flexibility index (Phi) is 9.23. The van der Waals surface area contributed by atoms with Gasteiger partial charge in [0.25, 0.3) is 0 Å². The van der Waals surface area contributed by atoms with Crippen LogP contribution >= 0.6 is 0 Å². The van der Waals surface area contributed by atoms with Gasteiger partial charge in [0, 0.05) is 92.5 Å². The summed E-state index contributed by atoms with van der Waals surface area (Å²) in [5, 5.41) is 13.6. The van der Waals surface area contributed by atoms with E-state index in [2.05, 4.69) is 42.6 Å². The molecule has 2 aromatic carbocycles. The average molecular weight is 699 g/mol. The summed E-state index contributed by atoms with van der Waals surface area (Å²) in [5.41, 5.74) is 3.84. The van der Waals surface area contributed by atoms with E-state index in [1.807, 2.05) is 30.4 Å². The molecule has 0 unspecified atom stereocenters. The molecule has 0 radical (unpaired) electrons. The summed E-state index contributed by atoms with van der Waals surface area (Å²) in [6, 6.07) is 9.06. The van der Waals surface area contributed by atoms with E-state index in [0.717, 1.165) is 36.8 Å². The van der Waals surface area contributed by atoms with E-state index >= 15 is 4.39 Å². The molecule has 0 atom stereocenters. The normalized spacial score (nSPS) is 14.2. The number of halogens is 4. The fourth-order valence-corrected chi connectivity index (χ4v) is 6.32. The first-order valence-electron chi connectivity index (χ1n) is 16.4. The SMILES string of the molecule is CCN1CCN(Cc2ccc(NC(=O)Nc3ccc(-c4cnn5cc(-c6cnn(C)c6)cc(-c6cnccn6)c45)cc3F)cc2C(F)(F)F)CC1. The summed E-state index contributed by atoms with van der Waals surface area (Å²) >= 11 is 0. The maximum Gasteiger partial charge on any atom is 0.416 e. The van der Waals surface area contributed by atoms with Crippen molar-refractivity contribution in [2.45, 2.75) is 19.6 Å². The molecule has 51 heavy (non-hydrogen) atoms. The van der Waals surface area contributed by atoms with Crippen LogP contribution in [0, 0.1) is 5.82 Å². The standard InChI is InChI=1S/C36H34F4N10O/c1-3-48-10-12-49(13-11-48)21-24-4-6-27(16-30(24)36(38,39)40)45-35(51)46-32-7-5-23(15-31(32)37)29-18-44-50-22-25(26-17-43-47(2)20-26)14-28(34(29)50)33-19-41-8-9-42-33/h4-9,14-20,22H,3,10-13,21H2,1-2H3,(H2,45,46,51). The lowest BCUT2D eigenvalue weighted by Gasteiger charge is -2.34. The van der Waals surface area contributed by atoms with Gasteiger partial charge < -0.3 is 15.5 Å². The van der Waals surface area contributed by atoms with E-state index in [-0.39, 0.29) is 23.5 Å². The van der Waals surface area contributed by atoms with Crippen LogP contribution in [-0.4, -0.2) is 77.9 Å². The number of likely N-dealkylation sites (N-methyl/N-ethyl adjacent to an activating group) is 1. The third-order valence-corrected chi connectivity index (χ3v) is 9.00. The van der Waals surface area contributed by atoms with Gasteiger partial charge in [-0.3, -0.25) is 19.5 Å². The van der Waals surface area contributed by atoms with Crippen molar-refractivity contribution >= 4 is 22.9 Å². The highest BCUT2D eigenvalue weighted by Gasteiger charge is 2.34. The molecular weight excluding hydrogens is 664 g/mol. The Morgan fingerprint density at radius 2 is 1.65 bits per heavy atom. The minimum Gasteiger partial charge on any atom is -0.308 e. The molecule has 0 aliphatic carbocycles. The molecule has 1 saturated heterocycles. The average Bonchev–Trinajstić information content (AvgIpc) is 3.76. The second-order valence-corrected chi connectivity index (χ2v) is 12.3. The number of alkyl halides is 3. The first-order chi connectivity index (χ1) is 24.6. The van der Waals surface area contributed by atoms with Gasteiger partial charge in [-0.2, -0.15) is 23.4 Å². The van der Waals surface area contributed by atoms with E-state index in [4.69, 9.17) is 0 Å². The number of amides is 2. The van der Waals surface area contributed by atoms with Gasteiger partial charge in [-0.25, -0.2) is 13.7 Å². The summed E-state index contributed by atoms with van der Waals surface area (Å²) in [4.78, 5) is 25.8. The number of nitrogens with one attached hydrogen (secondary N) is 2. The highest BCUT2D eigenvalue weighted by molar-refractivity contribution is 6.00. The Bertz CT molecular complexity index is 2190. The predicted octanol–water partition coefficient (Wildman–Crippen LogP) is 6.80. The summed E-state index contributed by atoms with van der Waals surface area (Å²) in [6.45, 7) is 6.05. The molecule has 4 aromatic heterocycles. The second kappa shape index (κ2) is 13.9. The van der Waals surface area contributed by atoms with Crippen LogP contribution in [0.2, 0.25) is 0 Å². The lowest BCUT2D eigenvalue weighted by molar-refractivity contribution is -0.138. The zero-order valence-corrected chi connectivity index (χ0v) is 27.8. The van der Waals surface area contributed by atoms with Gasteiger partial charge in [0.05, 0.1) is 41.1 Å². The Morgan fingerprint density at radius 1 is 0.843 bits per heavy atom. The van der Waals surface area contributed by atoms with E-state index < -0.39 is 23.6 Å². The molecule has 11 nitrogen and oxygen atoms in total. The number of hydrogen-bond donors (Lipinski definition) is 2. The van der Waals surface area contributed by atoms with Crippen molar-refractivity contribution < 1.29 is 22.4 Å². The smallest absolute Gasteiger partial charge is 0.308 e. The number of benzene rings is 2. The molecule has 6 aromatic rings. The second-order valence-electron chi connectivity index (χ2n) is 12.3. The van der Waals surface area contributed by atoms with Gasteiger partial charge in [-0.1, -0.05) is 19.1 Å². The number of aromatic nitrogens is 6. The quantitative estimate of drug-likeness (QED) is 0.169. The van der Waals surface area contributed by atoms with Crippen molar-refractivity contribution in [1.82, 2.24) is 39.2 Å². The molecule has 1 aliphatic rings. The minimum absolute atomic E-state index is 0.0649. The fourth-order valence-electron chi connectivity index (χ4n) is 6.32. The van der Waals surface area contributed by atoms with Gasteiger partial charge in [0.1, 0.15) is 5.82 Å². The largest absolute Gasteiger partial charge is 0.416 e. The van der Waals surface area contributed by atoms with E-state index in [0.29, 0.717) is 41.0 Å². The number of carbonyl (C=O) groups excluding carboxylic acids is 1. The third kappa shape index (κ3) is 7.30. The summed E-state index contributed by atoms with van der Waals surface area (Å²) < 4.78 is 61.2. The molecule has 0 spiro atoms. The first-order valence-corrected chi connectivity index (χ1v) is 16.4. The van der Waals surface area contributed by atoms with Gasteiger partial charge in [0.15, 0.2) is 0 Å². The monoisotopic (exact) mass is 698 g/mol. The van der Waals surface area contributed by atoms with Crippen molar-refractivity contribution in [1.29, 1.82) is 0 Å². The number of nitrogens with zero attached hydrogens (tertiary/aromatic N) is 8. The van der Waals surface area contributed by atoms with Crippen LogP contribution < -0.4 is 10.6 Å². The fraction of sp³-hybridized carbons (Fsp3) is 0.250. The van der Waals surface area contributed by atoms with Crippen LogP contribution in [0.25, 0.3) is 39.0 Å². The molecule has 7 rings (SSSR count). The van der Waals surface area contributed by atoms with Crippen LogP contribution in [0.5, 0.6) is 0 Å². The summed E-state index contributed by atoms with van der Waals surface area (Å²) in [6.07, 6.45) is 7.24. The molecule has 1 aliphatic heterocycles. The lowest BCUT2D eigenvalue weighted by Crippen LogP contribution is -2.45. The van der Waals surface area contributed by atoms with Crippen LogP contribution in [0.1, 0.15) is 18.1 Å². The number of pyridine rings is 1. The maximum absolute atomic E-state index is 15.5.